The highest BCUT2D eigenvalue weighted by Crippen LogP contribution is 2.28. The molecule has 3 nitrogen and oxygen atoms in total. The second-order valence-electron chi connectivity index (χ2n) is 4.69. The Morgan fingerprint density at radius 3 is 2.67 bits per heavy atom. The number of nitrogens with zero attached hydrogens (tertiary/aromatic N) is 1. The lowest BCUT2D eigenvalue weighted by molar-refractivity contribution is -0.122. The standard InChI is InChI=1S/C15H19NO2/c1-3-16(15(18)12-6-4-5-7-12)14-10-13(17)9-8-11(14)2/h4-5,8-10,12,17H,3,6-7H2,1-2H3. The van der Waals surface area contributed by atoms with E-state index >= 15 is 0 Å². The Morgan fingerprint density at radius 2 is 2.06 bits per heavy atom. The molecule has 0 aliphatic heterocycles. The zero-order valence-corrected chi connectivity index (χ0v) is 10.9. The van der Waals surface area contributed by atoms with Crippen LogP contribution in [0, 0.1) is 12.8 Å². The summed E-state index contributed by atoms with van der Waals surface area (Å²) in [5, 5.41) is 9.58. The highest BCUT2D eigenvalue weighted by atomic mass is 16.3. The van der Waals surface area contributed by atoms with Crippen molar-refractivity contribution in [1.82, 2.24) is 0 Å². The van der Waals surface area contributed by atoms with Gasteiger partial charge in [0.25, 0.3) is 0 Å². The van der Waals surface area contributed by atoms with E-state index in [4.69, 9.17) is 0 Å². The minimum Gasteiger partial charge on any atom is -0.508 e. The van der Waals surface area contributed by atoms with Crippen LogP contribution < -0.4 is 4.90 Å². The molecular formula is C15H19NO2. The van der Waals surface area contributed by atoms with Gasteiger partial charge in [-0.3, -0.25) is 4.79 Å². The second kappa shape index (κ2) is 5.25. The Morgan fingerprint density at radius 1 is 1.39 bits per heavy atom. The van der Waals surface area contributed by atoms with E-state index in [0.717, 1.165) is 24.1 Å². The molecule has 1 N–H and O–H groups in total. The second-order valence-corrected chi connectivity index (χ2v) is 4.69. The molecule has 1 aromatic rings. The molecule has 0 atom stereocenters. The summed E-state index contributed by atoms with van der Waals surface area (Å²) in [7, 11) is 0. The maximum atomic E-state index is 12.4. The van der Waals surface area contributed by atoms with Gasteiger partial charge in [-0.25, -0.2) is 0 Å². The number of phenolic OH excluding ortho intramolecular Hbond substituents is 1. The van der Waals surface area contributed by atoms with Crippen LogP contribution in [0.5, 0.6) is 5.75 Å². The predicted octanol–water partition coefficient (Wildman–Crippen LogP) is 3.02. The summed E-state index contributed by atoms with van der Waals surface area (Å²) in [4.78, 5) is 14.2. The van der Waals surface area contributed by atoms with Gasteiger partial charge >= 0.3 is 0 Å². The first kappa shape index (κ1) is 12.7. The molecule has 1 aliphatic carbocycles. The SMILES string of the molecule is CCN(C(=O)C1CC=CC1)c1cc(O)ccc1C. The first-order valence-electron chi connectivity index (χ1n) is 6.39. The minimum atomic E-state index is 0.0618. The van der Waals surface area contributed by atoms with E-state index in [1.165, 1.54) is 0 Å². The Labute approximate surface area is 108 Å². The van der Waals surface area contributed by atoms with Gasteiger partial charge in [-0.05, 0) is 38.3 Å². The van der Waals surface area contributed by atoms with E-state index in [-0.39, 0.29) is 17.6 Å². The molecule has 1 amide bonds. The van der Waals surface area contributed by atoms with Crippen LogP contribution in [0.2, 0.25) is 0 Å². The highest BCUT2D eigenvalue weighted by molar-refractivity contribution is 5.96. The third-order valence-electron chi connectivity index (χ3n) is 3.42. The van der Waals surface area contributed by atoms with Gasteiger partial charge in [0.05, 0.1) is 5.69 Å². The number of phenols is 1. The zero-order chi connectivity index (χ0) is 13.1. The Balaban J connectivity index is 2.27. The molecular weight excluding hydrogens is 226 g/mol. The molecule has 0 saturated carbocycles. The number of aromatic hydroxyl groups is 1. The predicted molar refractivity (Wildman–Crippen MR) is 72.7 cm³/mol. The minimum absolute atomic E-state index is 0.0618. The van der Waals surface area contributed by atoms with Crippen LogP contribution in [0.3, 0.4) is 0 Å². The summed E-state index contributed by atoms with van der Waals surface area (Å²) in [6, 6.07) is 5.15. The normalized spacial score (nSPS) is 15.0. The maximum absolute atomic E-state index is 12.4. The van der Waals surface area contributed by atoms with Crippen LogP contribution in [0.25, 0.3) is 0 Å². The molecule has 3 heteroatoms. The zero-order valence-electron chi connectivity index (χ0n) is 10.9. The Kier molecular flexibility index (Phi) is 3.70. The van der Waals surface area contributed by atoms with Gasteiger partial charge in [0, 0.05) is 18.5 Å². The van der Waals surface area contributed by atoms with Crippen LogP contribution in [-0.4, -0.2) is 17.6 Å². The van der Waals surface area contributed by atoms with Gasteiger partial charge in [0.1, 0.15) is 5.75 Å². The van der Waals surface area contributed by atoms with E-state index in [1.54, 1.807) is 17.0 Å². The van der Waals surface area contributed by atoms with Crippen molar-refractivity contribution in [3.05, 3.63) is 35.9 Å². The molecule has 1 aliphatic rings. The van der Waals surface area contributed by atoms with Gasteiger partial charge in [0.2, 0.25) is 5.91 Å². The lowest BCUT2D eigenvalue weighted by atomic mass is 10.0. The average molecular weight is 245 g/mol. The number of rotatable bonds is 3. The number of anilines is 1. The van der Waals surface area contributed by atoms with Gasteiger partial charge < -0.3 is 10.0 Å². The average Bonchev–Trinajstić information content (AvgIpc) is 2.88. The molecule has 0 heterocycles. The molecule has 0 bridgehead atoms. The van der Waals surface area contributed by atoms with Crippen LogP contribution in [-0.2, 0) is 4.79 Å². The topological polar surface area (TPSA) is 40.5 Å². The molecule has 18 heavy (non-hydrogen) atoms. The number of benzene rings is 1. The molecule has 0 aromatic heterocycles. The molecule has 0 fully saturated rings. The van der Waals surface area contributed by atoms with Gasteiger partial charge in [-0.15, -0.1) is 0 Å². The van der Waals surface area contributed by atoms with Crippen LogP contribution >= 0.6 is 0 Å². The molecule has 2 rings (SSSR count). The van der Waals surface area contributed by atoms with Crippen molar-refractivity contribution in [3.63, 3.8) is 0 Å². The summed E-state index contributed by atoms with van der Waals surface area (Å²) >= 11 is 0. The first-order valence-corrected chi connectivity index (χ1v) is 6.39. The third-order valence-corrected chi connectivity index (χ3v) is 3.42. The van der Waals surface area contributed by atoms with Crippen molar-refractivity contribution in [2.24, 2.45) is 5.92 Å². The van der Waals surface area contributed by atoms with Crippen molar-refractivity contribution in [3.8, 4) is 5.75 Å². The highest BCUT2D eigenvalue weighted by Gasteiger charge is 2.25. The van der Waals surface area contributed by atoms with Crippen LogP contribution in [0.15, 0.2) is 30.4 Å². The molecule has 0 saturated heterocycles. The fraction of sp³-hybridized carbons (Fsp3) is 0.400. The molecule has 0 unspecified atom stereocenters. The van der Waals surface area contributed by atoms with E-state index in [2.05, 4.69) is 12.2 Å². The summed E-state index contributed by atoms with van der Waals surface area (Å²) in [6.45, 7) is 4.54. The largest absolute Gasteiger partial charge is 0.508 e. The van der Waals surface area contributed by atoms with Gasteiger partial charge in [-0.2, -0.15) is 0 Å². The fourth-order valence-electron chi connectivity index (χ4n) is 2.37. The lowest BCUT2D eigenvalue weighted by Gasteiger charge is -2.26. The van der Waals surface area contributed by atoms with E-state index in [1.807, 2.05) is 19.9 Å². The molecule has 96 valence electrons. The number of allylic oxidation sites excluding steroid dienone is 2. The Bertz CT molecular complexity index is 471. The first-order chi connectivity index (χ1) is 8.63. The number of hydrogen-bond acceptors (Lipinski definition) is 2. The molecule has 0 radical (unpaired) electrons. The van der Waals surface area contributed by atoms with E-state index < -0.39 is 0 Å². The summed E-state index contributed by atoms with van der Waals surface area (Å²) < 4.78 is 0. The van der Waals surface area contributed by atoms with Crippen molar-refractivity contribution < 1.29 is 9.90 Å². The number of carbonyl (C=O) groups is 1. The number of amides is 1. The summed E-state index contributed by atoms with van der Waals surface area (Å²) in [5.74, 6) is 0.411. The van der Waals surface area contributed by atoms with Crippen molar-refractivity contribution in [2.75, 3.05) is 11.4 Å². The Hall–Kier alpha value is -1.77. The van der Waals surface area contributed by atoms with Crippen LogP contribution in [0.4, 0.5) is 5.69 Å². The van der Waals surface area contributed by atoms with Crippen molar-refractivity contribution in [1.29, 1.82) is 0 Å². The van der Waals surface area contributed by atoms with E-state index in [9.17, 15) is 9.90 Å². The fourth-order valence-corrected chi connectivity index (χ4v) is 2.37. The van der Waals surface area contributed by atoms with Crippen LogP contribution in [0.1, 0.15) is 25.3 Å². The lowest BCUT2D eigenvalue weighted by Crippen LogP contribution is -2.35. The number of aryl methyl sites for hydroxylation is 1. The van der Waals surface area contributed by atoms with E-state index in [0.29, 0.717) is 6.54 Å². The quantitative estimate of drug-likeness (QED) is 0.831. The third kappa shape index (κ3) is 2.40. The summed E-state index contributed by atoms with van der Waals surface area (Å²) in [5.41, 5.74) is 1.82. The summed E-state index contributed by atoms with van der Waals surface area (Å²) in [6.07, 6.45) is 5.78. The monoisotopic (exact) mass is 245 g/mol. The molecule has 0 spiro atoms. The maximum Gasteiger partial charge on any atom is 0.230 e. The van der Waals surface area contributed by atoms with Crippen molar-refractivity contribution in [2.45, 2.75) is 26.7 Å². The number of carbonyl (C=O) groups excluding carboxylic acids is 1. The number of hydrogen-bond donors (Lipinski definition) is 1. The smallest absolute Gasteiger partial charge is 0.230 e. The van der Waals surface area contributed by atoms with Crippen molar-refractivity contribution >= 4 is 11.6 Å². The van der Waals surface area contributed by atoms with Gasteiger partial charge in [0.15, 0.2) is 0 Å². The molecule has 1 aromatic carbocycles. The van der Waals surface area contributed by atoms with Gasteiger partial charge in [-0.1, -0.05) is 18.2 Å².